The summed E-state index contributed by atoms with van der Waals surface area (Å²) >= 11 is 13.1. The molecule has 2 heterocycles. The first kappa shape index (κ1) is 19.4. The van der Waals surface area contributed by atoms with E-state index in [0.29, 0.717) is 22.4 Å². The predicted octanol–water partition coefficient (Wildman–Crippen LogP) is 3.60. The molecule has 0 bridgehead atoms. The molecule has 1 saturated heterocycles. The van der Waals surface area contributed by atoms with Gasteiger partial charge in [0.25, 0.3) is 0 Å². The standard InChI is InChI=1S/C17H16Cl2N2O3S2/c18-13-1-5-15(6-2-13)26(23,24)21-11-9-20(10-12-21)17(22)8-4-14-3-7-16(19)25-14/h1-8H,9-12H2/b8-4+. The smallest absolute Gasteiger partial charge is 0.246 e. The third-order valence-electron chi connectivity index (χ3n) is 3.99. The average molecular weight is 431 g/mol. The van der Waals surface area contributed by atoms with Crippen molar-refractivity contribution in [3.05, 3.63) is 56.7 Å². The van der Waals surface area contributed by atoms with E-state index in [4.69, 9.17) is 23.2 Å². The number of piperazine rings is 1. The van der Waals surface area contributed by atoms with Crippen molar-refractivity contribution >= 4 is 56.5 Å². The van der Waals surface area contributed by atoms with Crippen molar-refractivity contribution in [1.29, 1.82) is 0 Å². The highest BCUT2D eigenvalue weighted by molar-refractivity contribution is 7.89. The summed E-state index contributed by atoms with van der Waals surface area (Å²) in [5, 5.41) is 0.484. The van der Waals surface area contributed by atoms with Gasteiger partial charge in [-0.25, -0.2) is 8.42 Å². The highest BCUT2D eigenvalue weighted by Gasteiger charge is 2.29. The molecule has 1 fully saturated rings. The maximum Gasteiger partial charge on any atom is 0.246 e. The Morgan fingerprint density at radius 3 is 2.23 bits per heavy atom. The summed E-state index contributed by atoms with van der Waals surface area (Å²) in [6.07, 6.45) is 3.21. The average Bonchev–Trinajstić information content (AvgIpc) is 3.05. The Morgan fingerprint density at radius 1 is 1.00 bits per heavy atom. The number of hydrogen-bond acceptors (Lipinski definition) is 4. The van der Waals surface area contributed by atoms with Crippen molar-refractivity contribution in [3.8, 4) is 0 Å². The number of thiophene rings is 1. The van der Waals surface area contributed by atoms with E-state index >= 15 is 0 Å². The zero-order chi connectivity index (χ0) is 18.7. The lowest BCUT2D eigenvalue weighted by Gasteiger charge is -2.33. The maximum absolute atomic E-state index is 12.6. The quantitative estimate of drug-likeness (QED) is 0.696. The number of amides is 1. The van der Waals surface area contributed by atoms with E-state index in [0.717, 1.165) is 4.88 Å². The highest BCUT2D eigenvalue weighted by Crippen LogP contribution is 2.23. The normalized spacial score (nSPS) is 16.3. The molecule has 2 aromatic rings. The van der Waals surface area contributed by atoms with Gasteiger partial charge < -0.3 is 4.90 Å². The first-order valence-corrected chi connectivity index (χ1v) is 10.9. The summed E-state index contributed by atoms with van der Waals surface area (Å²) in [6.45, 7) is 1.22. The minimum atomic E-state index is -3.57. The molecule has 5 nitrogen and oxygen atoms in total. The topological polar surface area (TPSA) is 57.7 Å². The van der Waals surface area contributed by atoms with Crippen LogP contribution in [-0.4, -0.2) is 49.7 Å². The van der Waals surface area contributed by atoms with E-state index in [9.17, 15) is 13.2 Å². The van der Waals surface area contributed by atoms with E-state index in [1.807, 2.05) is 6.07 Å². The van der Waals surface area contributed by atoms with Gasteiger partial charge in [-0.2, -0.15) is 4.31 Å². The van der Waals surface area contributed by atoms with Crippen LogP contribution in [0.15, 0.2) is 47.4 Å². The van der Waals surface area contributed by atoms with Gasteiger partial charge in [0.15, 0.2) is 0 Å². The molecule has 138 valence electrons. The van der Waals surface area contributed by atoms with Gasteiger partial charge in [0.2, 0.25) is 15.9 Å². The Labute approximate surface area is 166 Å². The van der Waals surface area contributed by atoms with Gasteiger partial charge in [-0.15, -0.1) is 11.3 Å². The molecule has 1 aliphatic heterocycles. The van der Waals surface area contributed by atoms with Crippen LogP contribution in [0.5, 0.6) is 0 Å². The fourth-order valence-corrected chi connectivity index (χ4v) is 5.09. The van der Waals surface area contributed by atoms with Crippen molar-refractivity contribution in [1.82, 2.24) is 9.21 Å². The largest absolute Gasteiger partial charge is 0.337 e. The summed E-state index contributed by atoms with van der Waals surface area (Å²) in [5.74, 6) is -0.141. The molecule has 1 amide bonds. The number of hydrogen-bond donors (Lipinski definition) is 0. The van der Waals surface area contributed by atoms with Crippen LogP contribution >= 0.6 is 34.5 Å². The van der Waals surface area contributed by atoms with Crippen LogP contribution < -0.4 is 0 Å². The molecule has 0 N–H and O–H groups in total. The molecule has 1 aliphatic rings. The molecule has 0 radical (unpaired) electrons. The lowest BCUT2D eigenvalue weighted by molar-refractivity contribution is -0.127. The van der Waals surface area contributed by atoms with Crippen LogP contribution in [0.1, 0.15) is 4.88 Å². The zero-order valence-corrected chi connectivity index (χ0v) is 16.8. The third kappa shape index (κ3) is 4.47. The van der Waals surface area contributed by atoms with Crippen LogP contribution in [0.3, 0.4) is 0 Å². The van der Waals surface area contributed by atoms with Crippen LogP contribution in [0, 0.1) is 0 Å². The minimum Gasteiger partial charge on any atom is -0.337 e. The van der Waals surface area contributed by atoms with Gasteiger partial charge in [0, 0.05) is 42.2 Å². The van der Waals surface area contributed by atoms with E-state index < -0.39 is 10.0 Å². The number of nitrogens with zero attached hydrogens (tertiary/aromatic N) is 2. The number of benzene rings is 1. The lowest BCUT2D eigenvalue weighted by atomic mass is 10.3. The summed E-state index contributed by atoms with van der Waals surface area (Å²) in [7, 11) is -3.57. The first-order chi connectivity index (χ1) is 12.4. The Kier molecular flexibility index (Phi) is 6.04. The fraction of sp³-hybridized carbons (Fsp3) is 0.235. The highest BCUT2D eigenvalue weighted by atomic mass is 35.5. The van der Waals surface area contributed by atoms with Gasteiger partial charge in [0.1, 0.15) is 0 Å². The lowest BCUT2D eigenvalue weighted by Crippen LogP contribution is -2.50. The van der Waals surface area contributed by atoms with Crippen molar-refractivity contribution in [2.24, 2.45) is 0 Å². The van der Waals surface area contributed by atoms with Crippen molar-refractivity contribution < 1.29 is 13.2 Å². The number of rotatable bonds is 4. The second-order valence-corrected chi connectivity index (χ2v) is 9.78. The predicted molar refractivity (Wildman–Crippen MR) is 105 cm³/mol. The molecule has 3 rings (SSSR count). The molecule has 0 unspecified atom stereocenters. The molecular weight excluding hydrogens is 415 g/mol. The molecule has 0 saturated carbocycles. The summed E-state index contributed by atoms with van der Waals surface area (Å²) in [5.41, 5.74) is 0. The molecular formula is C17H16Cl2N2O3S2. The number of carbonyl (C=O) groups excluding carboxylic acids is 1. The van der Waals surface area contributed by atoms with Crippen molar-refractivity contribution in [3.63, 3.8) is 0 Å². The van der Waals surface area contributed by atoms with Crippen LogP contribution in [0.2, 0.25) is 9.36 Å². The minimum absolute atomic E-state index is 0.141. The molecule has 26 heavy (non-hydrogen) atoms. The maximum atomic E-state index is 12.6. The molecule has 1 aromatic heterocycles. The zero-order valence-electron chi connectivity index (χ0n) is 13.6. The van der Waals surface area contributed by atoms with Gasteiger partial charge in [0.05, 0.1) is 9.23 Å². The molecule has 0 spiro atoms. The van der Waals surface area contributed by atoms with E-state index in [2.05, 4.69) is 0 Å². The Balaban J connectivity index is 1.60. The molecule has 9 heteroatoms. The summed E-state index contributed by atoms with van der Waals surface area (Å²) < 4.78 is 27.3. The number of sulfonamides is 1. The Bertz CT molecular complexity index is 916. The summed E-state index contributed by atoms with van der Waals surface area (Å²) in [6, 6.07) is 9.70. The second kappa shape index (κ2) is 8.10. The molecule has 1 aromatic carbocycles. The van der Waals surface area contributed by atoms with Gasteiger partial charge >= 0.3 is 0 Å². The number of halogens is 2. The van der Waals surface area contributed by atoms with Crippen LogP contribution in [0.4, 0.5) is 0 Å². The van der Waals surface area contributed by atoms with E-state index in [-0.39, 0.29) is 23.9 Å². The number of carbonyl (C=O) groups is 1. The fourth-order valence-electron chi connectivity index (χ4n) is 2.58. The van der Waals surface area contributed by atoms with Gasteiger partial charge in [-0.1, -0.05) is 23.2 Å². The van der Waals surface area contributed by atoms with Gasteiger partial charge in [-0.05, 0) is 42.5 Å². The van der Waals surface area contributed by atoms with Gasteiger partial charge in [-0.3, -0.25) is 4.79 Å². The first-order valence-electron chi connectivity index (χ1n) is 7.84. The van der Waals surface area contributed by atoms with Crippen LogP contribution in [-0.2, 0) is 14.8 Å². The van der Waals surface area contributed by atoms with E-state index in [1.54, 1.807) is 29.2 Å². The Morgan fingerprint density at radius 2 is 1.65 bits per heavy atom. The Hall–Kier alpha value is -1.38. The SMILES string of the molecule is O=C(/C=C/c1ccc(Cl)s1)N1CCN(S(=O)(=O)c2ccc(Cl)cc2)CC1. The molecule has 0 aliphatic carbocycles. The van der Waals surface area contributed by atoms with Crippen LogP contribution in [0.25, 0.3) is 6.08 Å². The monoisotopic (exact) mass is 430 g/mol. The summed E-state index contributed by atoms with van der Waals surface area (Å²) in [4.78, 5) is 15.0. The second-order valence-electron chi connectivity index (χ2n) is 5.66. The van der Waals surface area contributed by atoms with Crippen molar-refractivity contribution in [2.45, 2.75) is 4.90 Å². The van der Waals surface area contributed by atoms with Crippen molar-refractivity contribution in [2.75, 3.05) is 26.2 Å². The third-order valence-corrected chi connectivity index (χ3v) is 7.35. The van der Waals surface area contributed by atoms with E-state index in [1.165, 1.54) is 33.9 Å². The molecule has 0 atom stereocenters.